The highest BCUT2D eigenvalue weighted by atomic mass is 15.2. The second kappa shape index (κ2) is 4.96. The minimum atomic E-state index is 0.731. The molecule has 78 valence electrons. The van der Waals surface area contributed by atoms with E-state index in [1.54, 1.807) is 0 Å². The lowest BCUT2D eigenvalue weighted by molar-refractivity contribution is 0.785. The summed E-state index contributed by atoms with van der Waals surface area (Å²) in [5, 5.41) is 0. The molecule has 0 aromatic carbocycles. The molecule has 3 nitrogen and oxygen atoms in total. The zero-order valence-corrected chi connectivity index (χ0v) is 9.25. The van der Waals surface area contributed by atoms with Crippen molar-refractivity contribution in [1.82, 2.24) is 4.98 Å². The molecule has 0 aliphatic rings. The molecule has 0 bridgehead atoms. The molecule has 0 fully saturated rings. The largest absolute Gasteiger partial charge is 0.360 e. The molecule has 1 rings (SSSR count). The van der Waals surface area contributed by atoms with Gasteiger partial charge in [0.25, 0.3) is 0 Å². The van der Waals surface area contributed by atoms with Crippen LogP contribution in [-0.2, 0) is 0 Å². The van der Waals surface area contributed by atoms with Gasteiger partial charge in [-0.2, -0.15) is 0 Å². The van der Waals surface area contributed by atoms with Crippen molar-refractivity contribution >= 4 is 5.82 Å². The van der Waals surface area contributed by atoms with Crippen LogP contribution in [0.15, 0.2) is 12.1 Å². The van der Waals surface area contributed by atoms with Gasteiger partial charge in [-0.3, -0.25) is 0 Å². The molecule has 0 spiro atoms. The Bertz CT molecular complexity index is 297. The van der Waals surface area contributed by atoms with Crippen molar-refractivity contribution in [1.29, 1.82) is 0 Å². The third-order valence-electron chi connectivity index (χ3n) is 2.42. The minimum Gasteiger partial charge on any atom is -0.360 e. The van der Waals surface area contributed by atoms with Crippen molar-refractivity contribution in [3.63, 3.8) is 0 Å². The number of aromatic nitrogens is 1. The maximum absolute atomic E-state index is 5.46. The molecule has 1 aromatic heterocycles. The summed E-state index contributed by atoms with van der Waals surface area (Å²) >= 11 is 0. The first kappa shape index (κ1) is 11.0. The Kier molecular flexibility index (Phi) is 3.89. The fraction of sp³-hybridized carbons (Fsp3) is 0.545. The van der Waals surface area contributed by atoms with E-state index >= 15 is 0 Å². The predicted molar refractivity (Wildman–Crippen MR) is 60.7 cm³/mol. The third-order valence-corrected chi connectivity index (χ3v) is 2.42. The zero-order chi connectivity index (χ0) is 10.6. The predicted octanol–water partition coefficient (Wildman–Crippen LogP) is 1.48. The summed E-state index contributed by atoms with van der Waals surface area (Å²) < 4.78 is 0. The van der Waals surface area contributed by atoms with E-state index in [1.807, 2.05) is 14.0 Å². The first-order valence-electron chi connectivity index (χ1n) is 5.00. The lowest BCUT2D eigenvalue weighted by Crippen LogP contribution is -2.22. The maximum atomic E-state index is 5.46. The SMILES string of the molecule is Cc1ccc(N(C)CCCN)nc1C. The standard InChI is InChI=1S/C11H19N3/c1-9-5-6-11(13-10(9)2)14(3)8-4-7-12/h5-6H,4,7-8,12H2,1-3H3. The van der Waals surface area contributed by atoms with Gasteiger partial charge in [-0.15, -0.1) is 0 Å². The first-order valence-corrected chi connectivity index (χ1v) is 5.00. The Morgan fingerprint density at radius 2 is 2.07 bits per heavy atom. The Balaban J connectivity index is 2.70. The van der Waals surface area contributed by atoms with Crippen molar-refractivity contribution in [2.75, 3.05) is 25.0 Å². The molecule has 1 aromatic rings. The molecule has 0 amide bonds. The van der Waals surface area contributed by atoms with Gasteiger partial charge in [-0.25, -0.2) is 4.98 Å². The number of hydrogen-bond donors (Lipinski definition) is 1. The van der Waals surface area contributed by atoms with Gasteiger partial charge in [0, 0.05) is 19.3 Å². The second-order valence-corrected chi connectivity index (χ2v) is 3.64. The summed E-state index contributed by atoms with van der Waals surface area (Å²) in [6.45, 7) is 5.81. The van der Waals surface area contributed by atoms with Crippen LogP contribution in [-0.4, -0.2) is 25.1 Å². The van der Waals surface area contributed by atoms with E-state index in [-0.39, 0.29) is 0 Å². The van der Waals surface area contributed by atoms with Crippen LogP contribution in [0.5, 0.6) is 0 Å². The molecule has 0 radical (unpaired) electrons. The summed E-state index contributed by atoms with van der Waals surface area (Å²) in [5.41, 5.74) is 7.80. The first-order chi connectivity index (χ1) is 6.65. The molecule has 2 N–H and O–H groups in total. The van der Waals surface area contributed by atoms with Crippen LogP contribution in [0.25, 0.3) is 0 Å². The third kappa shape index (κ3) is 2.70. The monoisotopic (exact) mass is 193 g/mol. The Labute approximate surface area is 85.9 Å². The van der Waals surface area contributed by atoms with Crippen LogP contribution in [0, 0.1) is 13.8 Å². The van der Waals surface area contributed by atoms with Crippen LogP contribution in [0.4, 0.5) is 5.82 Å². The smallest absolute Gasteiger partial charge is 0.128 e. The van der Waals surface area contributed by atoms with Crippen molar-refractivity contribution in [2.24, 2.45) is 5.73 Å². The van der Waals surface area contributed by atoms with Gasteiger partial charge in [-0.05, 0) is 38.4 Å². The van der Waals surface area contributed by atoms with Gasteiger partial charge < -0.3 is 10.6 Å². The van der Waals surface area contributed by atoms with Gasteiger partial charge >= 0.3 is 0 Å². The number of nitrogens with two attached hydrogens (primary N) is 1. The fourth-order valence-electron chi connectivity index (χ4n) is 1.27. The van der Waals surface area contributed by atoms with Crippen LogP contribution < -0.4 is 10.6 Å². The Morgan fingerprint density at radius 1 is 1.36 bits per heavy atom. The molecule has 1 heterocycles. The fourth-order valence-corrected chi connectivity index (χ4v) is 1.27. The molecular weight excluding hydrogens is 174 g/mol. The molecule has 0 saturated carbocycles. The minimum absolute atomic E-state index is 0.731. The topological polar surface area (TPSA) is 42.1 Å². The van der Waals surface area contributed by atoms with E-state index in [9.17, 15) is 0 Å². The average Bonchev–Trinajstić information content (AvgIpc) is 2.18. The average molecular weight is 193 g/mol. The highest BCUT2D eigenvalue weighted by Gasteiger charge is 2.02. The highest BCUT2D eigenvalue weighted by Crippen LogP contribution is 2.12. The number of nitrogens with zero attached hydrogens (tertiary/aromatic N) is 2. The van der Waals surface area contributed by atoms with E-state index in [4.69, 9.17) is 5.73 Å². The quantitative estimate of drug-likeness (QED) is 0.787. The maximum Gasteiger partial charge on any atom is 0.128 e. The van der Waals surface area contributed by atoms with Crippen LogP contribution in [0.3, 0.4) is 0 Å². The molecule has 0 aliphatic heterocycles. The highest BCUT2D eigenvalue weighted by molar-refractivity contribution is 5.40. The van der Waals surface area contributed by atoms with E-state index < -0.39 is 0 Å². The van der Waals surface area contributed by atoms with E-state index in [2.05, 4.69) is 28.9 Å². The van der Waals surface area contributed by atoms with Gasteiger partial charge in [0.1, 0.15) is 5.82 Å². The molecule has 0 aliphatic carbocycles. The summed E-state index contributed by atoms with van der Waals surface area (Å²) in [4.78, 5) is 6.65. The van der Waals surface area contributed by atoms with Crippen LogP contribution in [0.2, 0.25) is 0 Å². The molecule has 14 heavy (non-hydrogen) atoms. The second-order valence-electron chi connectivity index (χ2n) is 3.64. The van der Waals surface area contributed by atoms with Gasteiger partial charge in [-0.1, -0.05) is 6.07 Å². The van der Waals surface area contributed by atoms with Crippen LogP contribution in [0.1, 0.15) is 17.7 Å². The molecule has 3 heteroatoms. The number of aryl methyl sites for hydroxylation is 2. The van der Waals surface area contributed by atoms with Crippen molar-refractivity contribution < 1.29 is 0 Å². The number of rotatable bonds is 4. The van der Waals surface area contributed by atoms with Gasteiger partial charge in [0.15, 0.2) is 0 Å². The van der Waals surface area contributed by atoms with Crippen LogP contribution >= 0.6 is 0 Å². The summed E-state index contributed by atoms with van der Waals surface area (Å²) in [6.07, 6.45) is 1.01. The lowest BCUT2D eigenvalue weighted by Gasteiger charge is -2.18. The van der Waals surface area contributed by atoms with E-state index in [0.29, 0.717) is 0 Å². The molecule has 0 atom stereocenters. The number of pyridine rings is 1. The summed E-state index contributed by atoms with van der Waals surface area (Å²) in [5.74, 6) is 1.03. The van der Waals surface area contributed by atoms with E-state index in [0.717, 1.165) is 31.0 Å². The molecule has 0 unspecified atom stereocenters. The van der Waals surface area contributed by atoms with Crippen molar-refractivity contribution in [3.8, 4) is 0 Å². The van der Waals surface area contributed by atoms with Gasteiger partial charge in [0.2, 0.25) is 0 Å². The van der Waals surface area contributed by atoms with E-state index in [1.165, 1.54) is 5.56 Å². The summed E-state index contributed by atoms with van der Waals surface area (Å²) in [7, 11) is 2.05. The molecule has 0 saturated heterocycles. The van der Waals surface area contributed by atoms with Crippen molar-refractivity contribution in [2.45, 2.75) is 20.3 Å². The van der Waals surface area contributed by atoms with Gasteiger partial charge in [0.05, 0.1) is 0 Å². The summed E-state index contributed by atoms with van der Waals surface area (Å²) in [6, 6.07) is 4.16. The number of hydrogen-bond acceptors (Lipinski definition) is 3. The normalized spacial score (nSPS) is 10.3. The lowest BCUT2D eigenvalue weighted by atomic mass is 10.2. The Hall–Kier alpha value is -1.09. The Morgan fingerprint density at radius 3 is 2.64 bits per heavy atom. The molecular formula is C11H19N3. The van der Waals surface area contributed by atoms with Crippen molar-refractivity contribution in [3.05, 3.63) is 23.4 Å². The number of anilines is 1. The zero-order valence-electron chi connectivity index (χ0n) is 9.25.